The number of rotatable bonds is 7. The van der Waals surface area contributed by atoms with Gasteiger partial charge in [0.15, 0.2) is 6.10 Å². The third-order valence-corrected chi connectivity index (χ3v) is 3.67. The lowest BCUT2D eigenvalue weighted by Crippen LogP contribution is -2.23. The number of Topliss-reactive ketones (excluding diaryl/α,β-unsaturated/α-hetero) is 1. The highest BCUT2D eigenvalue weighted by atomic mass is 32.2. The molecule has 0 aliphatic heterocycles. The number of hydrogen-bond acceptors (Lipinski definition) is 6. The number of anilines is 1. The van der Waals surface area contributed by atoms with Gasteiger partial charge in [-0.3, -0.25) is 9.52 Å². The van der Waals surface area contributed by atoms with Crippen LogP contribution in [0.4, 0.5) is 5.69 Å². The molecule has 1 atom stereocenters. The van der Waals surface area contributed by atoms with E-state index in [2.05, 4.69) is 4.72 Å². The van der Waals surface area contributed by atoms with Gasteiger partial charge in [-0.15, -0.1) is 0 Å². The van der Waals surface area contributed by atoms with Gasteiger partial charge in [-0.1, -0.05) is 0 Å². The Kier molecular flexibility index (Phi) is 5.76. The van der Waals surface area contributed by atoms with Crippen molar-refractivity contribution in [3.63, 3.8) is 0 Å². The standard InChI is InChI=1S/C17H17NO6S/c1-12(24-16(19)10-9-15-4-3-11-23-15)17(20)13-5-7-14(8-6-13)18-25(2,21)22/h3-12,18H,1-2H3/b10-9+/t12-/m0/s1. The summed E-state index contributed by atoms with van der Waals surface area (Å²) < 4.78 is 34.7. The predicted molar refractivity (Wildman–Crippen MR) is 92.5 cm³/mol. The van der Waals surface area contributed by atoms with Gasteiger partial charge in [0.1, 0.15) is 5.76 Å². The van der Waals surface area contributed by atoms with Crippen LogP contribution in [-0.4, -0.2) is 32.5 Å². The first-order valence-corrected chi connectivity index (χ1v) is 9.18. The van der Waals surface area contributed by atoms with E-state index >= 15 is 0 Å². The van der Waals surface area contributed by atoms with E-state index in [9.17, 15) is 18.0 Å². The molecule has 1 aromatic carbocycles. The summed E-state index contributed by atoms with van der Waals surface area (Å²) in [5.74, 6) is -0.580. The fourth-order valence-electron chi connectivity index (χ4n) is 1.95. The number of nitrogens with one attached hydrogen (secondary N) is 1. The molecule has 0 spiro atoms. The van der Waals surface area contributed by atoms with Crippen molar-refractivity contribution in [1.29, 1.82) is 0 Å². The van der Waals surface area contributed by atoms with Crippen molar-refractivity contribution in [1.82, 2.24) is 0 Å². The van der Waals surface area contributed by atoms with Crippen LogP contribution in [0.3, 0.4) is 0 Å². The third kappa shape index (κ3) is 5.92. The normalized spacial score (nSPS) is 12.7. The summed E-state index contributed by atoms with van der Waals surface area (Å²) in [4.78, 5) is 24.0. The topological polar surface area (TPSA) is 103 Å². The number of ketones is 1. The highest BCUT2D eigenvalue weighted by Crippen LogP contribution is 2.13. The van der Waals surface area contributed by atoms with Crippen molar-refractivity contribution in [2.24, 2.45) is 0 Å². The summed E-state index contributed by atoms with van der Waals surface area (Å²) in [5, 5.41) is 0. The monoisotopic (exact) mass is 363 g/mol. The molecule has 0 saturated carbocycles. The van der Waals surface area contributed by atoms with Gasteiger partial charge in [0.05, 0.1) is 12.5 Å². The van der Waals surface area contributed by atoms with Gasteiger partial charge < -0.3 is 9.15 Å². The molecule has 2 rings (SSSR count). The van der Waals surface area contributed by atoms with Gasteiger partial charge in [-0.05, 0) is 49.4 Å². The smallest absolute Gasteiger partial charge is 0.331 e. The molecule has 0 saturated heterocycles. The van der Waals surface area contributed by atoms with Crippen molar-refractivity contribution >= 4 is 33.5 Å². The van der Waals surface area contributed by atoms with Gasteiger partial charge in [-0.25, -0.2) is 13.2 Å². The lowest BCUT2D eigenvalue weighted by molar-refractivity contribution is -0.140. The number of furan rings is 1. The van der Waals surface area contributed by atoms with Gasteiger partial charge in [0, 0.05) is 17.3 Å². The number of carbonyl (C=O) groups excluding carboxylic acids is 2. The SMILES string of the molecule is C[C@H](OC(=O)/C=C/c1ccco1)C(=O)c1ccc(NS(C)(=O)=O)cc1. The average molecular weight is 363 g/mol. The molecule has 0 fully saturated rings. The maximum atomic E-state index is 12.3. The molecule has 8 heteroatoms. The van der Waals surface area contributed by atoms with Crippen LogP contribution >= 0.6 is 0 Å². The quantitative estimate of drug-likeness (QED) is 0.460. The second-order valence-corrected chi connectivity index (χ2v) is 6.99. The summed E-state index contributed by atoms with van der Waals surface area (Å²) >= 11 is 0. The summed E-state index contributed by atoms with van der Waals surface area (Å²) in [6.07, 6.45) is 4.12. The van der Waals surface area contributed by atoms with Crippen LogP contribution in [0.2, 0.25) is 0 Å². The predicted octanol–water partition coefficient (Wildman–Crippen LogP) is 2.48. The zero-order valence-electron chi connectivity index (χ0n) is 13.6. The van der Waals surface area contributed by atoms with Crippen molar-refractivity contribution in [2.45, 2.75) is 13.0 Å². The fraction of sp³-hybridized carbons (Fsp3) is 0.176. The molecular formula is C17H17NO6S. The Balaban J connectivity index is 1.96. The summed E-state index contributed by atoms with van der Waals surface area (Å²) in [6.45, 7) is 1.46. The van der Waals surface area contributed by atoms with Crippen LogP contribution in [0.1, 0.15) is 23.0 Å². The van der Waals surface area contributed by atoms with E-state index in [-0.39, 0.29) is 0 Å². The highest BCUT2D eigenvalue weighted by molar-refractivity contribution is 7.92. The van der Waals surface area contributed by atoms with Crippen molar-refractivity contribution in [3.05, 3.63) is 60.1 Å². The van der Waals surface area contributed by atoms with Crippen LogP contribution in [0.15, 0.2) is 53.2 Å². The first-order valence-electron chi connectivity index (χ1n) is 7.29. The molecule has 1 N–H and O–H groups in total. The molecule has 0 radical (unpaired) electrons. The Labute approximate surface area is 145 Å². The van der Waals surface area contributed by atoms with Crippen molar-refractivity contribution < 1.29 is 27.2 Å². The second-order valence-electron chi connectivity index (χ2n) is 5.24. The molecule has 0 amide bonds. The minimum atomic E-state index is -3.39. The summed E-state index contributed by atoms with van der Waals surface area (Å²) in [5.41, 5.74) is 0.638. The molecule has 25 heavy (non-hydrogen) atoms. The van der Waals surface area contributed by atoms with Gasteiger partial charge in [0.25, 0.3) is 0 Å². The lowest BCUT2D eigenvalue weighted by Gasteiger charge is -2.11. The largest absolute Gasteiger partial charge is 0.465 e. The zero-order valence-corrected chi connectivity index (χ0v) is 14.4. The lowest BCUT2D eigenvalue weighted by atomic mass is 10.1. The number of carbonyl (C=O) groups is 2. The first kappa shape index (κ1) is 18.5. The zero-order chi connectivity index (χ0) is 18.4. The molecule has 1 aromatic heterocycles. The van der Waals surface area contributed by atoms with Crippen LogP contribution in [0.25, 0.3) is 6.08 Å². The van der Waals surface area contributed by atoms with E-state index in [4.69, 9.17) is 9.15 Å². The summed E-state index contributed by atoms with van der Waals surface area (Å²) in [7, 11) is -3.39. The average Bonchev–Trinajstić information content (AvgIpc) is 3.05. The van der Waals surface area contributed by atoms with E-state index in [1.165, 1.54) is 49.6 Å². The van der Waals surface area contributed by atoms with E-state index in [1.54, 1.807) is 12.1 Å². The van der Waals surface area contributed by atoms with E-state index in [0.29, 0.717) is 17.0 Å². The molecule has 0 bridgehead atoms. The number of hydrogen-bond donors (Lipinski definition) is 1. The van der Waals surface area contributed by atoms with Crippen LogP contribution in [0, 0.1) is 0 Å². The minimum absolute atomic E-state index is 0.300. The third-order valence-electron chi connectivity index (χ3n) is 3.06. The van der Waals surface area contributed by atoms with Gasteiger partial charge >= 0.3 is 5.97 Å². The number of esters is 1. The molecule has 0 aliphatic rings. The van der Waals surface area contributed by atoms with E-state index in [0.717, 1.165) is 6.26 Å². The Morgan fingerprint density at radius 3 is 2.44 bits per heavy atom. The Morgan fingerprint density at radius 2 is 1.88 bits per heavy atom. The number of sulfonamides is 1. The highest BCUT2D eigenvalue weighted by Gasteiger charge is 2.18. The maximum Gasteiger partial charge on any atom is 0.331 e. The second kappa shape index (κ2) is 7.80. The number of benzene rings is 1. The van der Waals surface area contributed by atoms with E-state index < -0.39 is 27.9 Å². The Morgan fingerprint density at radius 1 is 1.20 bits per heavy atom. The van der Waals surface area contributed by atoms with Crippen LogP contribution in [0.5, 0.6) is 0 Å². The Bertz CT molecular complexity index is 866. The van der Waals surface area contributed by atoms with Gasteiger partial charge in [0.2, 0.25) is 15.8 Å². The maximum absolute atomic E-state index is 12.3. The molecule has 1 heterocycles. The molecule has 132 valence electrons. The van der Waals surface area contributed by atoms with E-state index in [1.807, 2.05) is 0 Å². The molecule has 0 unspecified atom stereocenters. The molecular weight excluding hydrogens is 346 g/mol. The van der Waals surface area contributed by atoms with Crippen molar-refractivity contribution in [3.8, 4) is 0 Å². The number of ether oxygens (including phenoxy) is 1. The fourth-order valence-corrected chi connectivity index (χ4v) is 2.52. The minimum Gasteiger partial charge on any atom is -0.465 e. The van der Waals surface area contributed by atoms with Crippen LogP contribution < -0.4 is 4.72 Å². The Hall–Kier alpha value is -2.87. The molecule has 2 aromatic rings. The molecule has 7 nitrogen and oxygen atoms in total. The first-order chi connectivity index (χ1) is 11.7. The van der Waals surface area contributed by atoms with Gasteiger partial charge in [-0.2, -0.15) is 0 Å². The van der Waals surface area contributed by atoms with Crippen LogP contribution in [-0.2, 0) is 19.6 Å². The summed E-state index contributed by atoms with van der Waals surface area (Å²) in [6, 6.07) is 9.18. The molecule has 0 aliphatic carbocycles. The van der Waals surface area contributed by atoms with Crippen molar-refractivity contribution in [2.75, 3.05) is 11.0 Å².